The van der Waals surface area contributed by atoms with Crippen molar-refractivity contribution in [1.82, 2.24) is 4.90 Å². The van der Waals surface area contributed by atoms with E-state index in [0.29, 0.717) is 59.8 Å². The number of rotatable bonds is 6. The average Bonchev–Trinajstić information content (AvgIpc) is 2.77. The molecule has 0 fully saturated rings. The van der Waals surface area contributed by atoms with Gasteiger partial charge >= 0.3 is 0 Å². The Morgan fingerprint density at radius 2 is 1.97 bits per heavy atom. The van der Waals surface area contributed by atoms with Crippen LogP contribution in [0.1, 0.15) is 12.0 Å². The lowest BCUT2D eigenvalue weighted by Crippen LogP contribution is -2.33. The molecule has 1 aliphatic rings. The van der Waals surface area contributed by atoms with Crippen LogP contribution < -0.4 is 19.6 Å². The highest BCUT2D eigenvalue weighted by Gasteiger charge is 2.22. The van der Waals surface area contributed by atoms with Crippen molar-refractivity contribution in [3.05, 3.63) is 52.4 Å². The molecule has 0 amide bonds. The highest BCUT2D eigenvalue weighted by atomic mass is 16.5. The molecule has 0 radical (unpaired) electrons. The largest absolute Gasteiger partial charge is 0.493 e. The number of hydrogen-bond donors (Lipinski definition) is 1. The quantitative estimate of drug-likeness (QED) is 0.685. The van der Waals surface area contributed by atoms with Crippen molar-refractivity contribution in [3.8, 4) is 28.4 Å². The maximum Gasteiger partial charge on any atom is 0.200 e. The molecule has 0 aliphatic carbocycles. The molecule has 1 N–H and O–H groups in total. The summed E-state index contributed by atoms with van der Waals surface area (Å²) in [6.45, 7) is 1.89. The van der Waals surface area contributed by atoms with E-state index in [2.05, 4.69) is 4.90 Å². The fourth-order valence-electron chi connectivity index (χ4n) is 3.60. The summed E-state index contributed by atoms with van der Waals surface area (Å²) in [5, 5.41) is 9.57. The molecular weight excluding hydrogens is 374 g/mol. The fourth-order valence-corrected chi connectivity index (χ4v) is 3.60. The van der Waals surface area contributed by atoms with Gasteiger partial charge in [-0.1, -0.05) is 6.07 Å². The second-order valence-electron chi connectivity index (χ2n) is 6.87. The molecule has 2 aromatic carbocycles. The van der Waals surface area contributed by atoms with Crippen molar-refractivity contribution in [1.29, 1.82) is 0 Å². The van der Waals surface area contributed by atoms with Crippen LogP contribution in [0.25, 0.3) is 22.1 Å². The SMILES string of the molecule is COc1ccc(-c2coc3c4c(ccc3c2=O)OCN(CCCO)C4)cc1OC. The first-order valence-electron chi connectivity index (χ1n) is 9.42. The molecule has 3 aromatic rings. The van der Waals surface area contributed by atoms with Crippen LogP contribution in [0, 0.1) is 0 Å². The second-order valence-corrected chi connectivity index (χ2v) is 6.87. The molecule has 7 nitrogen and oxygen atoms in total. The molecule has 29 heavy (non-hydrogen) atoms. The molecule has 4 rings (SSSR count). The summed E-state index contributed by atoms with van der Waals surface area (Å²) < 4.78 is 22.3. The predicted molar refractivity (Wildman–Crippen MR) is 109 cm³/mol. The van der Waals surface area contributed by atoms with Crippen LogP contribution in [0.4, 0.5) is 0 Å². The molecule has 2 heterocycles. The first kappa shape index (κ1) is 19.3. The van der Waals surface area contributed by atoms with Crippen molar-refractivity contribution >= 4 is 11.0 Å². The molecule has 0 unspecified atom stereocenters. The van der Waals surface area contributed by atoms with Crippen molar-refractivity contribution in [2.45, 2.75) is 13.0 Å². The second kappa shape index (κ2) is 8.14. The van der Waals surface area contributed by atoms with Gasteiger partial charge in [0.05, 0.1) is 30.7 Å². The number of hydrogen-bond acceptors (Lipinski definition) is 7. The monoisotopic (exact) mass is 397 g/mol. The Balaban J connectivity index is 1.77. The first-order valence-corrected chi connectivity index (χ1v) is 9.42. The lowest BCUT2D eigenvalue weighted by Gasteiger charge is -2.29. The number of aliphatic hydroxyl groups is 1. The number of nitrogens with zero attached hydrogens (tertiary/aromatic N) is 1. The molecule has 1 aliphatic heterocycles. The van der Waals surface area contributed by atoms with Crippen LogP contribution in [0.5, 0.6) is 17.2 Å². The van der Waals surface area contributed by atoms with Gasteiger partial charge in [0, 0.05) is 19.7 Å². The number of fused-ring (bicyclic) bond motifs is 3. The molecule has 152 valence electrons. The zero-order chi connectivity index (χ0) is 20.4. The highest BCUT2D eigenvalue weighted by Crippen LogP contribution is 2.34. The van der Waals surface area contributed by atoms with Gasteiger partial charge < -0.3 is 23.7 Å². The minimum atomic E-state index is -0.117. The zero-order valence-corrected chi connectivity index (χ0v) is 16.4. The van der Waals surface area contributed by atoms with E-state index in [1.54, 1.807) is 38.5 Å². The maximum absolute atomic E-state index is 13.2. The highest BCUT2D eigenvalue weighted by molar-refractivity contribution is 5.86. The van der Waals surface area contributed by atoms with Gasteiger partial charge in [0.15, 0.2) is 11.5 Å². The van der Waals surface area contributed by atoms with E-state index >= 15 is 0 Å². The molecule has 0 atom stereocenters. The Morgan fingerprint density at radius 3 is 2.72 bits per heavy atom. The third-order valence-electron chi connectivity index (χ3n) is 5.11. The lowest BCUT2D eigenvalue weighted by molar-refractivity contribution is 0.0887. The summed E-state index contributed by atoms with van der Waals surface area (Å²) in [7, 11) is 3.12. The van der Waals surface area contributed by atoms with Crippen molar-refractivity contribution in [3.63, 3.8) is 0 Å². The third kappa shape index (κ3) is 3.54. The molecule has 0 bridgehead atoms. The van der Waals surface area contributed by atoms with E-state index in [4.69, 9.17) is 23.7 Å². The summed E-state index contributed by atoms with van der Waals surface area (Å²) in [6, 6.07) is 8.88. The van der Waals surface area contributed by atoms with Gasteiger partial charge in [0.25, 0.3) is 0 Å². The summed E-state index contributed by atoms with van der Waals surface area (Å²) in [5.41, 5.74) is 2.41. The molecular formula is C22H23NO6. The van der Waals surface area contributed by atoms with Crippen molar-refractivity contribution < 1.29 is 23.7 Å². The van der Waals surface area contributed by atoms with Crippen molar-refractivity contribution in [2.75, 3.05) is 34.1 Å². The van der Waals surface area contributed by atoms with Gasteiger partial charge in [-0.3, -0.25) is 9.69 Å². The normalized spacial score (nSPS) is 13.8. The van der Waals surface area contributed by atoms with Crippen molar-refractivity contribution in [2.24, 2.45) is 0 Å². The molecule has 0 saturated heterocycles. The molecule has 0 saturated carbocycles. The predicted octanol–water partition coefficient (Wildman–Crippen LogP) is 3.01. The van der Waals surface area contributed by atoms with Crippen LogP contribution >= 0.6 is 0 Å². The Bertz CT molecular complexity index is 1090. The van der Waals surface area contributed by atoms with E-state index in [-0.39, 0.29) is 12.0 Å². The van der Waals surface area contributed by atoms with Gasteiger partial charge in [-0.25, -0.2) is 0 Å². The maximum atomic E-state index is 13.2. The number of methoxy groups -OCH3 is 2. The van der Waals surface area contributed by atoms with Gasteiger partial charge in [-0.15, -0.1) is 0 Å². The van der Waals surface area contributed by atoms with Crippen LogP contribution in [0.2, 0.25) is 0 Å². The van der Waals surface area contributed by atoms with Gasteiger partial charge in [0.1, 0.15) is 24.3 Å². The van der Waals surface area contributed by atoms with E-state index in [1.165, 1.54) is 6.26 Å². The van der Waals surface area contributed by atoms with E-state index < -0.39 is 0 Å². The van der Waals surface area contributed by atoms with Gasteiger partial charge in [-0.2, -0.15) is 0 Å². The summed E-state index contributed by atoms with van der Waals surface area (Å²) in [5.74, 6) is 1.86. The summed E-state index contributed by atoms with van der Waals surface area (Å²) in [6.07, 6.45) is 2.15. The average molecular weight is 397 g/mol. The third-order valence-corrected chi connectivity index (χ3v) is 5.11. The topological polar surface area (TPSA) is 81.4 Å². The fraction of sp³-hybridized carbons (Fsp3) is 0.318. The molecule has 7 heteroatoms. The van der Waals surface area contributed by atoms with E-state index in [9.17, 15) is 4.79 Å². The number of ether oxygens (including phenoxy) is 3. The van der Waals surface area contributed by atoms with Crippen LogP contribution in [0.15, 0.2) is 45.8 Å². The van der Waals surface area contributed by atoms with Crippen LogP contribution in [0.3, 0.4) is 0 Å². The number of aliphatic hydroxyl groups excluding tert-OH is 1. The lowest BCUT2D eigenvalue weighted by atomic mass is 10.0. The molecule has 0 spiro atoms. The Labute approximate surface area is 168 Å². The summed E-state index contributed by atoms with van der Waals surface area (Å²) in [4.78, 5) is 15.3. The van der Waals surface area contributed by atoms with Crippen LogP contribution in [-0.4, -0.2) is 44.1 Å². The minimum absolute atomic E-state index is 0.117. The Kier molecular flexibility index (Phi) is 5.42. The number of benzene rings is 2. The Morgan fingerprint density at radius 1 is 1.14 bits per heavy atom. The van der Waals surface area contributed by atoms with E-state index in [0.717, 1.165) is 11.3 Å². The summed E-state index contributed by atoms with van der Waals surface area (Å²) >= 11 is 0. The zero-order valence-electron chi connectivity index (χ0n) is 16.4. The smallest absolute Gasteiger partial charge is 0.200 e. The minimum Gasteiger partial charge on any atom is -0.493 e. The van der Waals surface area contributed by atoms with Gasteiger partial charge in [0.2, 0.25) is 5.43 Å². The van der Waals surface area contributed by atoms with E-state index in [1.807, 2.05) is 6.07 Å². The first-order chi connectivity index (χ1) is 14.2. The Hall–Kier alpha value is -3.03. The van der Waals surface area contributed by atoms with Crippen LogP contribution in [-0.2, 0) is 6.54 Å². The van der Waals surface area contributed by atoms with Gasteiger partial charge in [-0.05, 0) is 36.2 Å². The standard InChI is InChI=1S/C22H23NO6/c1-26-19-6-4-14(10-20(19)27-2)17-12-28-22-15(21(17)25)5-7-18-16(22)11-23(13-29-18)8-3-9-24/h4-7,10,12,24H,3,8-9,11,13H2,1-2H3. The molecule has 1 aromatic heterocycles.